The minimum atomic E-state index is -0.358. The Morgan fingerprint density at radius 2 is 2.36 bits per heavy atom. The van der Waals surface area contributed by atoms with Crippen LogP contribution in [0.2, 0.25) is 0 Å². The van der Waals surface area contributed by atoms with Crippen molar-refractivity contribution >= 4 is 24.8 Å². The molecule has 0 N–H and O–H groups in total. The smallest absolute Gasteiger partial charge is 0.341 e. The van der Waals surface area contributed by atoms with Crippen LogP contribution < -0.4 is 5.46 Å². The lowest BCUT2D eigenvalue weighted by molar-refractivity contribution is 0.0603. The maximum atomic E-state index is 11.3. The summed E-state index contributed by atoms with van der Waals surface area (Å²) < 4.78 is 6.31. The van der Waals surface area contributed by atoms with Gasteiger partial charge in [0.1, 0.15) is 13.4 Å². The van der Waals surface area contributed by atoms with Gasteiger partial charge in [-0.2, -0.15) is 5.10 Å². The minimum absolute atomic E-state index is 0.358. The molecule has 2 heterocycles. The van der Waals surface area contributed by atoms with Crippen LogP contribution in [0.5, 0.6) is 0 Å². The first-order valence-corrected chi connectivity index (χ1v) is 4.24. The maximum absolute atomic E-state index is 11.3. The van der Waals surface area contributed by atoms with Gasteiger partial charge in [-0.15, -0.1) is 0 Å². The third kappa shape index (κ3) is 1.27. The summed E-state index contributed by atoms with van der Waals surface area (Å²) in [6, 6.07) is 3.79. The highest BCUT2D eigenvalue weighted by molar-refractivity contribution is 6.32. The number of rotatable bonds is 1. The van der Waals surface area contributed by atoms with E-state index in [4.69, 9.17) is 0 Å². The monoisotopic (exact) mass is 188 g/mol. The lowest BCUT2D eigenvalue weighted by Gasteiger charge is -1.97. The SMILES string of the molecule is Bc1ccc2c(C(=O)OC)cnn2c1. The lowest BCUT2D eigenvalue weighted by Crippen LogP contribution is -2.06. The summed E-state index contributed by atoms with van der Waals surface area (Å²) in [4.78, 5) is 11.3. The molecule has 5 heteroatoms. The van der Waals surface area contributed by atoms with Gasteiger partial charge in [-0.25, -0.2) is 9.31 Å². The Morgan fingerprint density at radius 1 is 1.57 bits per heavy atom. The molecule has 70 valence electrons. The van der Waals surface area contributed by atoms with Crippen LogP contribution in [0.15, 0.2) is 24.5 Å². The molecule has 2 aromatic heterocycles. The molecule has 2 aromatic rings. The van der Waals surface area contributed by atoms with Gasteiger partial charge in [0, 0.05) is 6.20 Å². The van der Waals surface area contributed by atoms with Gasteiger partial charge in [-0.3, -0.25) is 0 Å². The van der Waals surface area contributed by atoms with E-state index < -0.39 is 0 Å². The number of nitrogens with zero attached hydrogens (tertiary/aromatic N) is 2. The Bertz CT molecular complexity index is 493. The summed E-state index contributed by atoms with van der Waals surface area (Å²) in [7, 11) is 3.33. The first-order chi connectivity index (χ1) is 6.72. The molecule has 0 aliphatic carbocycles. The van der Waals surface area contributed by atoms with E-state index in [2.05, 4.69) is 9.84 Å². The Labute approximate surface area is 81.9 Å². The number of carbonyl (C=O) groups excluding carboxylic acids is 1. The molecule has 0 aliphatic rings. The van der Waals surface area contributed by atoms with Crippen LogP contribution in [0.3, 0.4) is 0 Å². The van der Waals surface area contributed by atoms with Crippen LogP contribution in [-0.2, 0) is 4.74 Å². The van der Waals surface area contributed by atoms with Gasteiger partial charge in [0.05, 0.1) is 18.8 Å². The summed E-state index contributed by atoms with van der Waals surface area (Å²) >= 11 is 0. The summed E-state index contributed by atoms with van der Waals surface area (Å²) in [6.07, 6.45) is 3.38. The third-order valence-electron chi connectivity index (χ3n) is 2.07. The fraction of sp³-hybridized carbons (Fsp3) is 0.111. The second-order valence-corrected chi connectivity index (χ2v) is 3.09. The summed E-state index contributed by atoms with van der Waals surface area (Å²) in [6.45, 7) is 0. The molecule has 0 saturated heterocycles. The van der Waals surface area contributed by atoms with E-state index in [1.165, 1.54) is 13.3 Å². The van der Waals surface area contributed by atoms with Crippen LogP contribution in [0.25, 0.3) is 5.52 Å². The van der Waals surface area contributed by atoms with Gasteiger partial charge in [0.2, 0.25) is 0 Å². The summed E-state index contributed by atoms with van der Waals surface area (Å²) in [5.74, 6) is -0.358. The van der Waals surface area contributed by atoms with Crippen molar-refractivity contribution in [2.45, 2.75) is 0 Å². The van der Waals surface area contributed by atoms with Crippen LogP contribution in [-0.4, -0.2) is 30.5 Å². The van der Waals surface area contributed by atoms with Crippen LogP contribution >= 0.6 is 0 Å². The summed E-state index contributed by atoms with van der Waals surface area (Å²) in [5, 5.41) is 4.06. The van der Waals surface area contributed by atoms with Crippen molar-refractivity contribution in [1.29, 1.82) is 0 Å². The zero-order valence-corrected chi connectivity index (χ0v) is 8.02. The predicted molar refractivity (Wildman–Crippen MR) is 54.7 cm³/mol. The number of methoxy groups -OCH3 is 1. The molecule has 0 spiro atoms. The average Bonchev–Trinajstić information content (AvgIpc) is 2.59. The van der Waals surface area contributed by atoms with Crippen molar-refractivity contribution in [2.75, 3.05) is 7.11 Å². The number of pyridine rings is 1. The Hall–Kier alpha value is -1.78. The molecule has 0 radical (unpaired) electrons. The van der Waals surface area contributed by atoms with Crippen molar-refractivity contribution < 1.29 is 9.53 Å². The molecule has 0 aromatic carbocycles. The topological polar surface area (TPSA) is 43.6 Å². The van der Waals surface area contributed by atoms with Crippen molar-refractivity contribution in [1.82, 2.24) is 9.61 Å². The van der Waals surface area contributed by atoms with Gasteiger partial charge >= 0.3 is 5.97 Å². The highest BCUT2D eigenvalue weighted by atomic mass is 16.5. The molecule has 0 aliphatic heterocycles. The molecule has 0 atom stereocenters. The molecule has 2 rings (SSSR count). The van der Waals surface area contributed by atoms with Crippen molar-refractivity contribution in [3.05, 3.63) is 30.1 Å². The fourth-order valence-corrected chi connectivity index (χ4v) is 1.35. The van der Waals surface area contributed by atoms with Gasteiger partial charge in [0.25, 0.3) is 0 Å². The zero-order chi connectivity index (χ0) is 10.1. The maximum Gasteiger partial charge on any atom is 0.341 e. The van der Waals surface area contributed by atoms with Crippen molar-refractivity contribution in [3.8, 4) is 0 Å². The van der Waals surface area contributed by atoms with Crippen LogP contribution in [0.4, 0.5) is 0 Å². The first-order valence-electron chi connectivity index (χ1n) is 4.24. The molecular weight excluding hydrogens is 179 g/mol. The number of ether oxygens (including phenoxy) is 1. The number of esters is 1. The Morgan fingerprint density at radius 3 is 3.07 bits per heavy atom. The number of carbonyl (C=O) groups is 1. The molecular formula is C9H9BN2O2. The van der Waals surface area contributed by atoms with E-state index in [0.717, 1.165) is 11.0 Å². The van der Waals surface area contributed by atoms with E-state index in [-0.39, 0.29) is 5.97 Å². The normalized spacial score (nSPS) is 10.4. The minimum Gasteiger partial charge on any atom is -0.465 e. The highest BCUT2D eigenvalue weighted by Crippen LogP contribution is 2.09. The first kappa shape index (κ1) is 8.81. The number of hydrogen-bond donors (Lipinski definition) is 0. The van der Waals surface area contributed by atoms with Gasteiger partial charge < -0.3 is 4.74 Å². The predicted octanol–water partition coefficient (Wildman–Crippen LogP) is -0.621. The molecule has 0 bridgehead atoms. The molecule has 0 saturated carbocycles. The van der Waals surface area contributed by atoms with Crippen molar-refractivity contribution in [3.63, 3.8) is 0 Å². The Kier molecular flexibility index (Phi) is 2.00. The fourth-order valence-electron chi connectivity index (χ4n) is 1.35. The van der Waals surface area contributed by atoms with E-state index in [0.29, 0.717) is 5.56 Å². The molecule has 0 amide bonds. The molecule has 0 unspecified atom stereocenters. The summed E-state index contributed by atoms with van der Waals surface area (Å²) in [5.41, 5.74) is 2.35. The van der Waals surface area contributed by atoms with Gasteiger partial charge in [0.15, 0.2) is 0 Å². The molecule has 0 fully saturated rings. The number of aromatic nitrogens is 2. The molecule has 14 heavy (non-hydrogen) atoms. The van der Waals surface area contributed by atoms with E-state index >= 15 is 0 Å². The number of hydrogen-bond acceptors (Lipinski definition) is 3. The lowest BCUT2D eigenvalue weighted by atomic mass is 9.99. The van der Waals surface area contributed by atoms with Crippen LogP contribution in [0.1, 0.15) is 10.4 Å². The average molecular weight is 188 g/mol. The zero-order valence-electron chi connectivity index (χ0n) is 8.02. The van der Waals surface area contributed by atoms with Crippen molar-refractivity contribution in [2.24, 2.45) is 0 Å². The van der Waals surface area contributed by atoms with Crippen LogP contribution in [0, 0.1) is 0 Å². The third-order valence-corrected chi connectivity index (χ3v) is 2.07. The van der Waals surface area contributed by atoms with Gasteiger partial charge in [-0.05, 0) is 6.07 Å². The number of fused-ring (bicyclic) bond motifs is 1. The Balaban J connectivity index is 2.64. The second kappa shape index (κ2) is 3.18. The van der Waals surface area contributed by atoms with Gasteiger partial charge in [-0.1, -0.05) is 11.5 Å². The van der Waals surface area contributed by atoms with E-state index in [1.807, 2.05) is 26.2 Å². The molecule has 4 nitrogen and oxygen atoms in total. The quantitative estimate of drug-likeness (QED) is 0.442. The largest absolute Gasteiger partial charge is 0.465 e. The van der Waals surface area contributed by atoms with E-state index in [1.54, 1.807) is 4.52 Å². The van der Waals surface area contributed by atoms with E-state index in [9.17, 15) is 4.79 Å². The standard InChI is InChI=1S/C9H9BN2O2/c1-14-9(13)7-4-11-12-5-6(10)2-3-8(7)12/h2-5H,10H2,1H3. The second-order valence-electron chi connectivity index (χ2n) is 3.09. The highest BCUT2D eigenvalue weighted by Gasteiger charge is 2.11.